The van der Waals surface area contributed by atoms with E-state index in [1.54, 1.807) is 18.4 Å². The van der Waals surface area contributed by atoms with Crippen molar-refractivity contribution in [2.45, 2.75) is 26.2 Å². The molecule has 5 rings (SSSR count). The van der Waals surface area contributed by atoms with E-state index in [2.05, 4.69) is 21.4 Å². The minimum Gasteiger partial charge on any atom is -0.497 e. The van der Waals surface area contributed by atoms with Crippen molar-refractivity contribution in [1.29, 1.82) is 5.26 Å². The van der Waals surface area contributed by atoms with Crippen LogP contribution in [0.1, 0.15) is 28.7 Å². The van der Waals surface area contributed by atoms with Crippen LogP contribution in [0.3, 0.4) is 0 Å². The van der Waals surface area contributed by atoms with Gasteiger partial charge in [0.25, 0.3) is 5.56 Å². The van der Waals surface area contributed by atoms with Gasteiger partial charge in [-0.1, -0.05) is 12.1 Å². The fourth-order valence-corrected chi connectivity index (χ4v) is 4.67. The van der Waals surface area contributed by atoms with E-state index in [-0.39, 0.29) is 24.3 Å². The third-order valence-corrected chi connectivity index (χ3v) is 6.55. The Morgan fingerprint density at radius 1 is 1.17 bits per heavy atom. The first kappa shape index (κ1) is 22.3. The molecular weight excluding hydrogens is 442 g/mol. The lowest BCUT2D eigenvalue weighted by molar-refractivity contribution is -0.121. The van der Waals surface area contributed by atoms with Gasteiger partial charge in [-0.25, -0.2) is 0 Å². The highest BCUT2D eigenvalue weighted by molar-refractivity contribution is 5.85. The van der Waals surface area contributed by atoms with E-state index in [1.807, 2.05) is 48.7 Å². The maximum absolute atomic E-state index is 13.3. The van der Waals surface area contributed by atoms with Crippen molar-refractivity contribution in [1.82, 2.24) is 19.7 Å². The molecule has 1 amide bonds. The minimum absolute atomic E-state index is 0.135. The van der Waals surface area contributed by atoms with Crippen LogP contribution in [-0.2, 0) is 17.6 Å². The number of nitriles is 1. The van der Waals surface area contributed by atoms with Gasteiger partial charge in [-0.15, -0.1) is 0 Å². The number of aromatic nitrogens is 3. The highest BCUT2D eigenvalue weighted by Gasteiger charge is 2.19. The van der Waals surface area contributed by atoms with Crippen molar-refractivity contribution >= 4 is 33.5 Å². The zero-order valence-corrected chi connectivity index (χ0v) is 19.6. The first-order chi connectivity index (χ1) is 17.0. The third-order valence-electron chi connectivity index (χ3n) is 6.55. The predicted octanol–water partition coefficient (Wildman–Crippen LogP) is 3.74. The number of pyridine rings is 1. The van der Waals surface area contributed by atoms with E-state index in [9.17, 15) is 14.9 Å². The average Bonchev–Trinajstić information content (AvgIpc) is 3.45. The van der Waals surface area contributed by atoms with Gasteiger partial charge in [0.2, 0.25) is 5.91 Å². The Kier molecular flexibility index (Phi) is 5.75. The summed E-state index contributed by atoms with van der Waals surface area (Å²) in [4.78, 5) is 32.4. The lowest BCUT2D eigenvalue weighted by Gasteiger charge is -2.10. The van der Waals surface area contributed by atoms with Crippen molar-refractivity contribution in [2.24, 2.45) is 0 Å². The van der Waals surface area contributed by atoms with Crippen LogP contribution in [0, 0.1) is 18.3 Å². The highest BCUT2D eigenvalue weighted by atomic mass is 16.5. The van der Waals surface area contributed by atoms with Crippen molar-refractivity contribution in [2.75, 3.05) is 13.7 Å². The van der Waals surface area contributed by atoms with Gasteiger partial charge < -0.3 is 20.0 Å². The van der Waals surface area contributed by atoms with Gasteiger partial charge in [0.05, 0.1) is 23.7 Å². The summed E-state index contributed by atoms with van der Waals surface area (Å²) in [6, 6.07) is 15.5. The monoisotopic (exact) mass is 467 g/mol. The van der Waals surface area contributed by atoms with Gasteiger partial charge in [0.1, 0.15) is 17.5 Å². The number of imidazole rings is 1. The van der Waals surface area contributed by atoms with E-state index in [1.165, 1.54) is 0 Å². The number of methoxy groups -OCH3 is 1. The number of carbonyl (C=O) groups excluding carboxylic acids is 1. The third kappa shape index (κ3) is 3.91. The maximum atomic E-state index is 13.3. The van der Waals surface area contributed by atoms with Crippen LogP contribution >= 0.6 is 0 Å². The Bertz CT molecular complexity index is 1680. The number of hydrogen-bond donors (Lipinski definition) is 3. The molecule has 0 fully saturated rings. The Morgan fingerprint density at radius 3 is 2.80 bits per heavy atom. The van der Waals surface area contributed by atoms with Crippen molar-refractivity contribution < 1.29 is 9.53 Å². The molecule has 0 aliphatic heterocycles. The number of nitrogens with zero attached hydrogens (tertiary/aromatic N) is 2. The summed E-state index contributed by atoms with van der Waals surface area (Å²) in [5, 5.41) is 13.8. The topological polar surface area (TPSA) is 115 Å². The summed E-state index contributed by atoms with van der Waals surface area (Å²) in [5.74, 6) is 0.650. The Labute approximate surface area is 201 Å². The van der Waals surface area contributed by atoms with Crippen LogP contribution in [-0.4, -0.2) is 33.9 Å². The Balaban J connectivity index is 1.31. The number of amides is 1. The number of benzene rings is 2. The van der Waals surface area contributed by atoms with Gasteiger partial charge in [-0.05, 0) is 61.2 Å². The SMILES string of the molecule is COc1ccc2[nH]cc(CCNC(=O)CCc3c(C)c(C#N)c4[nH]c5ccccc5n4c3=O)c2c1. The molecule has 0 atom stereocenters. The number of carbonyl (C=O) groups is 1. The molecule has 5 aromatic rings. The summed E-state index contributed by atoms with van der Waals surface area (Å²) in [6.07, 6.45) is 3.04. The van der Waals surface area contributed by atoms with Crippen LogP contribution < -0.4 is 15.6 Å². The lowest BCUT2D eigenvalue weighted by atomic mass is 10.0. The second-order valence-electron chi connectivity index (χ2n) is 8.55. The van der Waals surface area contributed by atoms with E-state index in [4.69, 9.17) is 4.74 Å². The van der Waals surface area contributed by atoms with Crippen LogP contribution in [0.5, 0.6) is 5.75 Å². The molecule has 3 heterocycles. The maximum Gasteiger partial charge on any atom is 0.260 e. The van der Waals surface area contributed by atoms with Crippen LogP contribution in [0.2, 0.25) is 0 Å². The number of H-pyrrole nitrogens is 2. The fraction of sp³-hybridized carbons (Fsp3) is 0.222. The number of nitrogens with one attached hydrogen (secondary N) is 3. The van der Waals surface area contributed by atoms with Gasteiger partial charge in [0.15, 0.2) is 0 Å². The molecule has 0 aliphatic carbocycles. The van der Waals surface area contributed by atoms with Gasteiger partial charge in [0, 0.05) is 35.6 Å². The molecule has 0 aliphatic rings. The molecule has 8 heteroatoms. The van der Waals surface area contributed by atoms with Crippen molar-refractivity contribution in [3.8, 4) is 11.8 Å². The lowest BCUT2D eigenvalue weighted by Crippen LogP contribution is -2.27. The molecule has 0 bridgehead atoms. The number of rotatable bonds is 7. The number of ether oxygens (including phenoxy) is 1. The fourth-order valence-electron chi connectivity index (χ4n) is 4.67. The first-order valence-electron chi connectivity index (χ1n) is 11.5. The number of hydrogen-bond acceptors (Lipinski definition) is 4. The summed E-state index contributed by atoms with van der Waals surface area (Å²) in [5.41, 5.74) is 5.42. The zero-order chi connectivity index (χ0) is 24.5. The quantitative estimate of drug-likeness (QED) is 0.338. The normalized spacial score (nSPS) is 11.2. The molecule has 0 saturated heterocycles. The molecule has 2 aromatic carbocycles. The standard InChI is InChI=1S/C27H25N5O3/c1-16-19(27(34)32-24-6-4-3-5-23(24)31-26(32)21(16)14-28)8-10-25(33)29-12-11-17-15-30-22-9-7-18(35-2)13-20(17)22/h3-7,9,13,15,30-31H,8,10-12H2,1-2H3,(H,29,33). The first-order valence-corrected chi connectivity index (χ1v) is 11.5. The largest absolute Gasteiger partial charge is 0.497 e. The van der Waals surface area contributed by atoms with Crippen LogP contribution in [0.25, 0.3) is 27.6 Å². The number of aromatic amines is 2. The Morgan fingerprint density at radius 2 is 2.00 bits per heavy atom. The van der Waals surface area contributed by atoms with E-state index >= 15 is 0 Å². The molecule has 35 heavy (non-hydrogen) atoms. The second-order valence-corrected chi connectivity index (χ2v) is 8.55. The molecule has 0 saturated carbocycles. The van der Waals surface area contributed by atoms with Crippen molar-refractivity contribution in [3.05, 3.63) is 81.3 Å². The van der Waals surface area contributed by atoms with Crippen LogP contribution in [0.15, 0.2) is 53.5 Å². The summed E-state index contributed by atoms with van der Waals surface area (Å²) >= 11 is 0. The van der Waals surface area contributed by atoms with E-state index < -0.39 is 0 Å². The Hall–Kier alpha value is -4.51. The van der Waals surface area contributed by atoms with E-state index in [0.717, 1.165) is 27.7 Å². The molecule has 0 unspecified atom stereocenters. The molecule has 8 nitrogen and oxygen atoms in total. The summed E-state index contributed by atoms with van der Waals surface area (Å²) in [7, 11) is 1.64. The minimum atomic E-state index is -0.200. The molecule has 0 spiro atoms. The molecule has 0 radical (unpaired) electrons. The molecule has 3 N–H and O–H groups in total. The average molecular weight is 468 g/mol. The second kappa shape index (κ2) is 9.03. The smallest absolute Gasteiger partial charge is 0.260 e. The van der Waals surface area contributed by atoms with Crippen molar-refractivity contribution in [3.63, 3.8) is 0 Å². The molecule has 176 valence electrons. The van der Waals surface area contributed by atoms with Crippen LogP contribution in [0.4, 0.5) is 0 Å². The summed E-state index contributed by atoms with van der Waals surface area (Å²) < 4.78 is 6.85. The highest BCUT2D eigenvalue weighted by Crippen LogP contribution is 2.24. The van der Waals surface area contributed by atoms with Gasteiger partial charge >= 0.3 is 0 Å². The summed E-state index contributed by atoms with van der Waals surface area (Å²) in [6.45, 7) is 2.25. The zero-order valence-electron chi connectivity index (χ0n) is 19.6. The predicted molar refractivity (Wildman–Crippen MR) is 135 cm³/mol. The number of fused-ring (bicyclic) bond motifs is 4. The van der Waals surface area contributed by atoms with Gasteiger partial charge in [-0.2, -0.15) is 5.26 Å². The van der Waals surface area contributed by atoms with E-state index in [0.29, 0.717) is 40.8 Å². The molecular formula is C27H25N5O3. The van der Waals surface area contributed by atoms with Gasteiger partial charge in [-0.3, -0.25) is 14.0 Å². The number of para-hydroxylation sites is 2. The molecule has 3 aromatic heterocycles.